The Bertz CT molecular complexity index is 1160. The van der Waals surface area contributed by atoms with Crippen LogP contribution in [-0.2, 0) is 19.6 Å². The minimum Gasteiger partial charge on any atom is -0.444 e. The van der Waals surface area contributed by atoms with Crippen LogP contribution >= 0.6 is 11.8 Å². The third kappa shape index (κ3) is 4.87. The molecule has 2 amide bonds. The third-order valence-electron chi connectivity index (χ3n) is 5.37. The molecular formula is C22H27N3O5S2. The summed E-state index contributed by atoms with van der Waals surface area (Å²) >= 11 is 1.85. The molecule has 32 heavy (non-hydrogen) atoms. The highest BCUT2D eigenvalue weighted by Gasteiger charge is 2.44. The van der Waals surface area contributed by atoms with E-state index in [2.05, 4.69) is 10.6 Å². The number of benzene rings is 2. The molecule has 2 heterocycles. The van der Waals surface area contributed by atoms with Crippen molar-refractivity contribution in [1.29, 1.82) is 0 Å². The van der Waals surface area contributed by atoms with Gasteiger partial charge in [0.2, 0.25) is 15.9 Å². The van der Waals surface area contributed by atoms with Crippen LogP contribution in [0.3, 0.4) is 0 Å². The Kier molecular flexibility index (Phi) is 6.12. The molecule has 0 aliphatic carbocycles. The molecule has 2 unspecified atom stereocenters. The first-order valence-electron chi connectivity index (χ1n) is 10.5. The van der Waals surface area contributed by atoms with E-state index in [1.807, 2.05) is 17.8 Å². The van der Waals surface area contributed by atoms with Crippen molar-refractivity contribution in [3.05, 3.63) is 36.4 Å². The Hall–Kier alpha value is -2.30. The summed E-state index contributed by atoms with van der Waals surface area (Å²) in [6.45, 7) is 5.54. The summed E-state index contributed by atoms with van der Waals surface area (Å²) < 4.78 is 33.1. The number of amides is 2. The molecule has 10 heteroatoms. The molecular weight excluding hydrogens is 450 g/mol. The van der Waals surface area contributed by atoms with Crippen molar-refractivity contribution >= 4 is 50.2 Å². The maximum atomic E-state index is 13.2. The second kappa shape index (κ2) is 8.57. The maximum Gasteiger partial charge on any atom is 0.408 e. The average Bonchev–Trinajstić information content (AvgIpc) is 3.35. The van der Waals surface area contributed by atoms with E-state index >= 15 is 0 Å². The molecule has 0 saturated carbocycles. The molecule has 0 aromatic heterocycles. The largest absolute Gasteiger partial charge is 0.444 e. The number of nitrogens with zero attached hydrogens (tertiary/aromatic N) is 1. The molecule has 2 bridgehead atoms. The number of nitrogens with one attached hydrogen (secondary N) is 2. The normalized spacial score (nSPS) is 21.0. The summed E-state index contributed by atoms with van der Waals surface area (Å²) in [6, 6.07) is 10.3. The number of sulfonamides is 1. The summed E-state index contributed by atoms with van der Waals surface area (Å²) in [6.07, 6.45) is 0.250. The smallest absolute Gasteiger partial charge is 0.408 e. The zero-order valence-electron chi connectivity index (χ0n) is 18.3. The van der Waals surface area contributed by atoms with Crippen molar-refractivity contribution in [2.75, 3.05) is 24.2 Å². The van der Waals surface area contributed by atoms with E-state index in [0.29, 0.717) is 22.9 Å². The highest BCUT2D eigenvalue weighted by atomic mass is 32.2. The summed E-state index contributed by atoms with van der Waals surface area (Å²) in [5.41, 5.74) is -0.110. The van der Waals surface area contributed by atoms with Gasteiger partial charge in [-0.15, -0.1) is 0 Å². The van der Waals surface area contributed by atoms with Gasteiger partial charge in [-0.1, -0.05) is 18.2 Å². The van der Waals surface area contributed by atoms with E-state index in [1.54, 1.807) is 55.4 Å². The topological polar surface area (TPSA) is 105 Å². The van der Waals surface area contributed by atoms with Crippen LogP contribution in [0, 0.1) is 0 Å². The van der Waals surface area contributed by atoms with Gasteiger partial charge in [0, 0.05) is 34.7 Å². The zero-order valence-corrected chi connectivity index (χ0v) is 19.9. The van der Waals surface area contributed by atoms with Gasteiger partial charge >= 0.3 is 6.09 Å². The summed E-state index contributed by atoms with van der Waals surface area (Å²) in [5.74, 6) is 0.441. The number of anilines is 1. The number of fused-ring (bicyclic) bond motifs is 3. The minimum atomic E-state index is -3.56. The van der Waals surface area contributed by atoms with Crippen LogP contribution in [0.4, 0.5) is 10.5 Å². The van der Waals surface area contributed by atoms with Crippen molar-refractivity contribution in [2.45, 2.75) is 49.0 Å². The van der Waals surface area contributed by atoms with Gasteiger partial charge in [-0.3, -0.25) is 4.79 Å². The highest BCUT2D eigenvalue weighted by molar-refractivity contribution is 8.00. The fourth-order valence-corrected chi connectivity index (χ4v) is 7.33. The number of hydrogen-bond donors (Lipinski definition) is 2. The lowest BCUT2D eigenvalue weighted by Gasteiger charge is -2.26. The molecule has 2 aromatic carbocycles. The first kappa shape index (κ1) is 22.9. The second-order valence-corrected chi connectivity index (χ2v) is 12.2. The zero-order chi connectivity index (χ0) is 23.1. The van der Waals surface area contributed by atoms with Crippen LogP contribution in [0.25, 0.3) is 10.8 Å². The standard InChI is InChI=1S/C22H27N3O5S2/c1-22(2,3)30-21(27)23-11-20(26)24-19-6-4-5-14-9-17(7-8-18(14)19)32(28,29)25-12-16-10-15(25)13-31-16/h4-9,15-16H,10-13H2,1-3H3,(H,23,27)(H,24,26). The predicted molar refractivity (Wildman–Crippen MR) is 125 cm³/mol. The number of hydrogen-bond acceptors (Lipinski definition) is 6. The first-order chi connectivity index (χ1) is 15.0. The van der Waals surface area contributed by atoms with Gasteiger partial charge < -0.3 is 15.4 Å². The van der Waals surface area contributed by atoms with Crippen molar-refractivity contribution < 1.29 is 22.7 Å². The Morgan fingerprint density at radius 3 is 2.66 bits per heavy atom. The van der Waals surface area contributed by atoms with E-state index < -0.39 is 27.6 Å². The van der Waals surface area contributed by atoms with Crippen molar-refractivity contribution in [2.24, 2.45) is 0 Å². The van der Waals surface area contributed by atoms with Crippen molar-refractivity contribution in [1.82, 2.24) is 9.62 Å². The minimum absolute atomic E-state index is 0.0776. The van der Waals surface area contributed by atoms with Crippen molar-refractivity contribution in [3.63, 3.8) is 0 Å². The SMILES string of the molecule is CC(C)(C)OC(=O)NCC(=O)Nc1cccc2cc(S(=O)(=O)N3CC4CC3CS4)ccc12. The van der Waals surface area contributed by atoms with E-state index in [-0.39, 0.29) is 17.5 Å². The Morgan fingerprint density at radius 1 is 1.22 bits per heavy atom. The van der Waals surface area contributed by atoms with E-state index in [0.717, 1.165) is 17.6 Å². The first-order valence-corrected chi connectivity index (χ1v) is 12.9. The number of carbonyl (C=O) groups is 2. The molecule has 2 saturated heterocycles. The van der Waals surface area contributed by atoms with Crippen LogP contribution in [0.2, 0.25) is 0 Å². The van der Waals surface area contributed by atoms with Gasteiger partial charge in [-0.05, 0) is 50.8 Å². The molecule has 8 nitrogen and oxygen atoms in total. The second-order valence-electron chi connectivity index (χ2n) is 9.01. The maximum absolute atomic E-state index is 13.2. The summed E-state index contributed by atoms with van der Waals surface area (Å²) in [4.78, 5) is 24.3. The van der Waals surface area contributed by atoms with Crippen LogP contribution < -0.4 is 10.6 Å². The van der Waals surface area contributed by atoms with Crippen LogP contribution in [0.5, 0.6) is 0 Å². The van der Waals surface area contributed by atoms with Gasteiger partial charge in [-0.25, -0.2) is 13.2 Å². The molecule has 2 fully saturated rings. The Morgan fingerprint density at radius 2 is 2.00 bits per heavy atom. The molecule has 0 radical (unpaired) electrons. The number of rotatable bonds is 5. The molecule has 2 aliphatic rings. The molecule has 2 N–H and O–H groups in total. The third-order valence-corrected chi connectivity index (χ3v) is 8.68. The molecule has 2 aliphatic heterocycles. The summed E-state index contributed by atoms with van der Waals surface area (Å²) in [5, 5.41) is 7.01. The van der Waals surface area contributed by atoms with Crippen LogP contribution in [0.1, 0.15) is 27.2 Å². The van der Waals surface area contributed by atoms with Gasteiger partial charge in [0.25, 0.3) is 0 Å². The van der Waals surface area contributed by atoms with E-state index in [4.69, 9.17) is 4.74 Å². The molecule has 172 valence electrons. The molecule has 2 aromatic rings. The number of ether oxygens (including phenoxy) is 1. The fraction of sp³-hybridized carbons (Fsp3) is 0.455. The lowest BCUT2D eigenvalue weighted by atomic mass is 10.1. The average molecular weight is 478 g/mol. The molecule has 2 atom stereocenters. The number of carbonyl (C=O) groups excluding carboxylic acids is 2. The lowest BCUT2D eigenvalue weighted by Crippen LogP contribution is -2.39. The lowest BCUT2D eigenvalue weighted by molar-refractivity contribution is -0.115. The highest BCUT2D eigenvalue weighted by Crippen LogP contribution is 2.40. The number of thioether (sulfide) groups is 1. The van der Waals surface area contributed by atoms with Crippen molar-refractivity contribution in [3.8, 4) is 0 Å². The monoisotopic (exact) mass is 477 g/mol. The fourth-order valence-electron chi connectivity index (χ4n) is 3.99. The summed E-state index contributed by atoms with van der Waals surface area (Å²) in [7, 11) is -3.56. The van der Waals surface area contributed by atoms with Crippen LogP contribution in [-0.4, -0.2) is 60.5 Å². The van der Waals surface area contributed by atoms with Gasteiger partial charge in [0.15, 0.2) is 0 Å². The Balaban J connectivity index is 1.47. The van der Waals surface area contributed by atoms with Gasteiger partial charge in [-0.2, -0.15) is 16.1 Å². The van der Waals surface area contributed by atoms with Gasteiger partial charge in [0.1, 0.15) is 12.1 Å². The molecule has 0 spiro atoms. The number of alkyl carbamates (subject to hydrolysis) is 1. The predicted octanol–water partition coefficient (Wildman–Crippen LogP) is 3.18. The van der Waals surface area contributed by atoms with Crippen LogP contribution in [0.15, 0.2) is 41.3 Å². The quantitative estimate of drug-likeness (QED) is 0.685. The van der Waals surface area contributed by atoms with E-state index in [1.165, 1.54) is 0 Å². The van der Waals surface area contributed by atoms with E-state index in [9.17, 15) is 18.0 Å². The molecule has 4 rings (SSSR count). The Labute approximate surface area is 192 Å². The van der Waals surface area contributed by atoms with Gasteiger partial charge in [0.05, 0.1) is 4.90 Å².